The van der Waals surface area contributed by atoms with Gasteiger partial charge < -0.3 is 10.8 Å². The zero-order valence-electron chi connectivity index (χ0n) is 11.2. The molecule has 100 valence electrons. The third kappa shape index (κ3) is 2.51. The van der Waals surface area contributed by atoms with Crippen molar-refractivity contribution in [1.29, 1.82) is 0 Å². The van der Waals surface area contributed by atoms with Crippen molar-refractivity contribution in [1.82, 2.24) is 0 Å². The topological polar surface area (TPSA) is 46.2 Å². The molecule has 3 aromatic carbocycles. The summed E-state index contributed by atoms with van der Waals surface area (Å²) < 4.78 is 0. The van der Waals surface area contributed by atoms with Gasteiger partial charge in [-0.2, -0.15) is 0 Å². The van der Waals surface area contributed by atoms with Gasteiger partial charge >= 0.3 is 0 Å². The highest BCUT2D eigenvalue weighted by molar-refractivity contribution is 5.85. The molecule has 1 unspecified atom stereocenters. The van der Waals surface area contributed by atoms with Crippen molar-refractivity contribution in [3.8, 4) is 0 Å². The number of benzene rings is 3. The van der Waals surface area contributed by atoms with Gasteiger partial charge in [0.05, 0.1) is 6.10 Å². The van der Waals surface area contributed by atoms with Crippen LogP contribution in [-0.4, -0.2) is 5.11 Å². The summed E-state index contributed by atoms with van der Waals surface area (Å²) >= 11 is 0. The van der Waals surface area contributed by atoms with Crippen LogP contribution < -0.4 is 5.73 Å². The predicted octanol–water partition coefficient (Wildman–Crippen LogP) is 3.70. The van der Waals surface area contributed by atoms with Crippen LogP contribution in [0.15, 0.2) is 66.7 Å². The molecule has 0 aromatic heterocycles. The predicted molar refractivity (Wildman–Crippen MR) is 83.5 cm³/mol. The Morgan fingerprint density at radius 1 is 0.900 bits per heavy atom. The molecule has 0 aliphatic heterocycles. The number of aliphatic hydroxyl groups excluding tert-OH is 1. The molecule has 0 saturated carbocycles. The van der Waals surface area contributed by atoms with Gasteiger partial charge in [-0.05, 0) is 34.0 Å². The molecule has 0 heterocycles. The average Bonchev–Trinajstić information content (AvgIpc) is 2.47. The Kier molecular flexibility index (Phi) is 3.40. The van der Waals surface area contributed by atoms with Crippen LogP contribution in [0.4, 0.5) is 5.69 Å². The fraction of sp³-hybridized carbons (Fsp3) is 0.111. The normalized spacial score (nSPS) is 12.4. The number of nitrogen functional groups attached to an aromatic ring is 1. The molecule has 0 aliphatic carbocycles. The Morgan fingerprint density at radius 2 is 1.65 bits per heavy atom. The van der Waals surface area contributed by atoms with E-state index in [0.717, 1.165) is 11.1 Å². The quantitative estimate of drug-likeness (QED) is 0.708. The Hall–Kier alpha value is -2.32. The highest BCUT2D eigenvalue weighted by Gasteiger charge is 2.10. The summed E-state index contributed by atoms with van der Waals surface area (Å²) in [5.74, 6) is 0. The molecule has 3 N–H and O–H groups in total. The summed E-state index contributed by atoms with van der Waals surface area (Å²) in [7, 11) is 0. The largest absolute Gasteiger partial charge is 0.399 e. The van der Waals surface area contributed by atoms with Gasteiger partial charge in [0.15, 0.2) is 0 Å². The SMILES string of the molecule is Nc1cccc(C(O)Cc2cccc3ccccc23)c1. The highest BCUT2D eigenvalue weighted by atomic mass is 16.3. The van der Waals surface area contributed by atoms with Crippen LogP contribution in [-0.2, 0) is 6.42 Å². The molecule has 0 bridgehead atoms. The second-order valence-corrected chi connectivity index (χ2v) is 5.03. The zero-order chi connectivity index (χ0) is 13.9. The maximum Gasteiger partial charge on any atom is 0.0831 e. The lowest BCUT2D eigenvalue weighted by atomic mass is 9.96. The molecule has 0 amide bonds. The summed E-state index contributed by atoms with van der Waals surface area (Å²) in [4.78, 5) is 0. The molecule has 1 atom stereocenters. The van der Waals surface area contributed by atoms with Crippen LogP contribution in [0.25, 0.3) is 10.8 Å². The molecule has 2 heteroatoms. The summed E-state index contributed by atoms with van der Waals surface area (Å²) in [6.45, 7) is 0. The van der Waals surface area contributed by atoms with E-state index in [1.165, 1.54) is 10.8 Å². The lowest BCUT2D eigenvalue weighted by Gasteiger charge is -2.13. The third-order valence-corrected chi connectivity index (χ3v) is 3.59. The average molecular weight is 263 g/mol. The van der Waals surface area contributed by atoms with Gasteiger partial charge in [0.25, 0.3) is 0 Å². The van der Waals surface area contributed by atoms with Gasteiger partial charge in [-0.15, -0.1) is 0 Å². The zero-order valence-corrected chi connectivity index (χ0v) is 11.2. The fourth-order valence-corrected chi connectivity index (χ4v) is 2.56. The molecule has 3 rings (SSSR count). The molecule has 0 radical (unpaired) electrons. The lowest BCUT2D eigenvalue weighted by molar-refractivity contribution is 0.179. The van der Waals surface area contributed by atoms with Crippen molar-refractivity contribution < 1.29 is 5.11 Å². The first-order valence-electron chi connectivity index (χ1n) is 6.74. The van der Waals surface area contributed by atoms with Crippen LogP contribution in [0.5, 0.6) is 0 Å². The molecule has 0 spiro atoms. The second-order valence-electron chi connectivity index (χ2n) is 5.03. The minimum atomic E-state index is -0.538. The minimum Gasteiger partial charge on any atom is -0.399 e. The number of hydrogen-bond donors (Lipinski definition) is 2. The van der Waals surface area contributed by atoms with E-state index in [1.807, 2.05) is 42.5 Å². The molecule has 2 nitrogen and oxygen atoms in total. The fourth-order valence-electron chi connectivity index (χ4n) is 2.56. The number of hydrogen-bond acceptors (Lipinski definition) is 2. The van der Waals surface area contributed by atoms with E-state index in [9.17, 15) is 5.11 Å². The molecule has 20 heavy (non-hydrogen) atoms. The van der Waals surface area contributed by atoms with E-state index >= 15 is 0 Å². The van der Waals surface area contributed by atoms with Crippen molar-refractivity contribution in [2.75, 3.05) is 5.73 Å². The smallest absolute Gasteiger partial charge is 0.0831 e. The highest BCUT2D eigenvalue weighted by Crippen LogP contribution is 2.25. The maximum atomic E-state index is 10.4. The maximum absolute atomic E-state index is 10.4. The Balaban J connectivity index is 1.93. The monoisotopic (exact) mass is 263 g/mol. The molecule has 0 aliphatic rings. The van der Waals surface area contributed by atoms with Gasteiger partial charge in [-0.25, -0.2) is 0 Å². The minimum absolute atomic E-state index is 0.538. The second kappa shape index (κ2) is 5.35. The Bertz CT molecular complexity index is 731. The van der Waals surface area contributed by atoms with Crippen LogP contribution in [0.2, 0.25) is 0 Å². The van der Waals surface area contributed by atoms with E-state index in [2.05, 4.69) is 24.3 Å². The van der Waals surface area contributed by atoms with Crippen molar-refractivity contribution in [3.05, 3.63) is 77.9 Å². The first-order chi connectivity index (χ1) is 9.74. The van der Waals surface area contributed by atoms with Gasteiger partial charge in [0, 0.05) is 12.1 Å². The van der Waals surface area contributed by atoms with Crippen molar-refractivity contribution in [2.45, 2.75) is 12.5 Å². The molecular weight excluding hydrogens is 246 g/mol. The lowest BCUT2D eigenvalue weighted by Crippen LogP contribution is -2.03. The van der Waals surface area contributed by atoms with Crippen LogP contribution >= 0.6 is 0 Å². The third-order valence-electron chi connectivity index (χ3n) is 3.59. The van der Waals surface area contributed by atoms with Gasteiger partial charge in [0.2, 0.25) is 0 Å². The van der Waals surface area contributed by atoms with Gasteiger partial charge in [-0.1, -0.05) is 54.6 Å². The van der Waals surface area contributed by atoms with E-state index < -0.39 is 6.10 Å². The van der Waals surface area contributed by atoms with Crippen molar-refractivity contribution in [3.63, 3.8) is 0 Å². The molecular formula is C18H17NO. The van der Waals surface area contributed by atoms with Gasteiger partial charge in [-0.3, -0.25) is 0 Å². The van der Waals surface area contributed by atoms with E-state index in [4.69, 9.17) is 5.73 Å². The molecule has 0 saturated heterocycles. The van der Waals surface area contributed by atoms with E-state index in [0.29, 0.717) is 12.1 Å². The molecule has 3 aromatic rings. The van der Waals surface area contributed by atoms with Crippen LogP contribution in [0.3, 0.4) is 0 Å². The van der Waals surface area contributed by atoms with E-state index in [1.54, 1.807) is 0 Å². The summed E-state index contributed by atoms with van der Waals surface area (Å²) in [6.07, 6.45) is 0.0504. The summed E-state index contributed by atoms with van der Waals surface area (Å²) in [6, 6.07) is 21.9. The molecule has 0 fully saturated rings. The summed E-state index contributed by atoms with van der Waals surface area (Å²) in [5, 5.41) is 12.8. The number of fused-ring (bicyclic) bond motifs is 1. The number of anilines is 1. The van der Waals surface area contributed by atoms with Gasteiger partial charge in [0.1, 0.15) is 0 Å². The Labute approximate surface area is 118 Å². The first kappa shape index (κ1) is 12.7. The number of rotatable bonds is 3. The van der Waals surface area contributed by atoms with Crippen molar-refractivity contribution in [2.24, 2.45) is 0 Å². The Morgan fingerprint density at radius 3 is 2.50 bits per heavy atom. The van der Waals surface area contributed by atoms with Crippen LogP contribution in [0.1, 0.15) is 17.2 Å². The number of nitrogens with two attached hydrogens (primary N) is 1. The van der Waals surface area contributed by atoms with Crippen molar-refractivity contribution >= 4 is 16.5 Å². The first-order valence-corrected chi connectivity index (χ1v) is 6.74. The standard InChI is InChI=1S/C18H17NO/c19-16-9-4-8-15(11-16)18(20)12-14-7-3-6-13-5-1-2-10-17(13)14/h1-11,18,20H,12,19H2. The van der Waals surface area contributed by atoms with Crippen LogP contribution in [0, 0.1) is 0 Å². The summed E-state index contributed by atoms with van der Waals surface area (Å²) in [5.41, 5.74) is 8.46. The van der Waals surface area contributed by atoms with E-state index in [-0.39, 0.29) is 0 Å². The number of aliphatic hydroxyl groups is 1.